The van der Waals surface area contributed by atoms with Crippen LogP contribution in [0.2, 0.25) is 0 Å². The molecule has 2 heterocycles. The maximum atomic E-state index is 8.81. The van der Waals surface area contributed by atoms with Crippen molar-refractivity contribution in [1.82, 2.24) is 0 Å². The zero-order valence-electron chi connectivity index (χ0n) is 8.28. The summed E-state index contributed by atoms with van der Waals surface area (Å²) in [5, 5.41) is 8.81. The summed E-state index contributed by atoms with van der Waals surface area (Å²) in [5.74, 6) is 0. The lowest BCUT2D eigenvalue weighted by atomic mass is 10.3. The van der Waals surface area contributed by atoms with Crippen LogP contribution in [0.5, 0.6) is 0 Å². The summed E-state index contributed by atoms with van der Waals surface area (Å²) in [6, 6.07) is 8.21. The third-order valence-corrected chi connectivity index (χ3v) is 4.60. The van der Waals surface area contributed by atoms with Gasteiger partial charge in [-0.2, -0.15) is 5.26 Å². The summed E-state index contributed by atoms with van der Waals surface area (Å²) in [4.78, 5) is 4.26. The van der Waals surface area contributed by atoms with Gasteiger partial charge in [0.2, 0.25) is 0 Å². The lowest BCUT2D eigenvalue weighted by molar-refractivity contribution is 1.19. The smallest absolute Gasteiger partial charge is 0.128 e. The molecule has 0 aliphatic heterocycles. The predicted molar refractivity (Wildman–Crippen MR) is 66.1 cm³/mol. The van der Waals surface area contributed by atoms with Crippen LogP contribution in [-0.4, -0.2) is 0 Å². The molecule has 0 aliphatic rings. The van der Waals surface area contributed by atoms with Crippen LogP contribution in [0.25, 0.3) is 9.75 Å². The van der Waals surface area contributed by atoms with E-state index in [1.165, 1.54) is 21.1 Å². The second-order valence-electron chi connectivity index (χ2n) is 3.13. The number of hydrogen-bond donors (Lipinski definition) is 1. The van der Waals surface area contributed by atoms with Crippen molar-refractivity contribution in [3.8, 4) is 15.8 Å². The van der Waals surface area contributed by atoms with Crippen LogP contribution in [0.3, 0.4) is 0 Å². The van der Waals surface area contributed by atoms with Crippen molar-refractivity contribution in [2.45, 2.75) is 13.3 Å². The van der Waals surface area contributed by atoms with E-state index in [-0.39, 0.29) is 0 Å². The van der Waals surface area contributed by atoms with Crippen molar-refractivity contribution in [2.24, 2.45) is 0 Å². The number of rotatable bonds is 2. The minimum Gasteiger partial charge on any atom is -0.397 e. The molecule has 0 spiro atoms. The molecule has 2 rings (SSSR count). The molecule has 0 unspecified atom stereocenters. The number of nitriles is 1. The van der Waals surface area contributed by atoms with Crippen LogP contribution in [0.4, 0.5) is 5.69 Å². The highest BCUT2D eigenvalue weighted by Crippen LogP contribution is 2.36. The third-order valence-electron chi connectivity index (χ3n) is 2.12. The van der Waals surface area contributed by atoms with Gasteiger partial charge in [-0.05, 0) is 24.6 Å². The highest BCUT2D eigenvalue weighted by molar-refractivity contribution is 7.22. The second kappa shape index (κ2) is 4.05. The molecule has 2 aromatic heterocycles. The van der Waals surface area contributed by atoms with Crippen LogP contribution < -0.4 is 5.73 Å². The van der Waals surface area contributed by atoms with Crippen molar-refractivity contribution >= 4 is 28.4 Å². The molecule has 2 aromatic rings. The largest absolute Gasteiger partial charge is 0.397 e. The van der Waals surface area contributed by atoms with E-state index in [4.69, 9.17) is 11.0 Å². The van der Waals surface area contributed by atoms with E-state index < -0.39 is 0 Å². The van der Waals surface area contributed by atoms with E-state index in [0.717, 1.165) is 11.3 Å². The molecule has 0 saturated heterocycles. The molecule has 0 atom stereocenters. The molecule has 0 aliphatic carbocycles. The van der Waals surface area contributed by atoms with Gasteiger partial charge >= 0.3 is 0 Å². The van der Waals surface area contributed by atoms with Gasteiger partial charge in [-0.25, -0.2) is 0 Å². The van der Waals surface area contributed by atoms with Gasteiger partial charge in [0, 0.05) is 14.6 Å². The predicted octanol–water partition coefficient (Wildman–Crippen LogP) is 3.49. The topological polar surface area (TPSA) is 49.8 Å². The molecule has 2 nitrogen and oxygen atoms in total. The van der Waals surface area contributed by atoms with Crippen LogP contribution in [0.1, 0.15) is 16.7 Å². The van der Waals surface area contributed by atoms with Gasteiger partial charge in [-0.1, -0.05) is 6.92 Å². The zero-order chi connectivity index (χ0) is 10.8. The van der Waals surface area contributed by atoms with Crippen LogP contribution in [-0.2, 0) is 6.42 Å². The second-order valence-corrected chi connectivity index (χ2v) is 5.35. The van der Waals surface area contributed by atoms with E-state index >= 15 is 0 Å². The molecule has 0 saturated carbocycles. The van der Waals surface area contributed by atoms with Gasteiger partial charge in [0.15, 0.2) is 0 Å². The molecule has 15 heavy (non-hydrogen) atoms. The molecule has 0 bridgehead atoms. The highest BCUT2D eigenvalue weighted by Gasteiger charge is 2.09. The van der Waals surface area contributed by atoms with Crippen molar-refractivity contribution < 1.29 is 0 Å². The number of nitrogen functional groups attached to an aromatic ring is 1. The highest BCUT2D eigenvalue weighted by atomic mass is 32.1. The number of aryl methyl sites for hydroxylation is 1. The van der Waals surface area contributed by atoms with Crippen molar-refractivity contribution in [2.75, 3.05) is 5.73 Å². The average Bonchev–Trinajstić information content (AvgIpc) is 2.83. The molecule has 0 fully saturated rings. The summed E-state index contributed by atoms with van der Waals surface area (Å²) in [6.07, 6.45) is 1.05. The quantitative estimate of drug-likeness (QED) is 0.864. The van der Waals surface area contributed by atoms with Crippen molar-refractivity contribution in [3.05, 3.63) is 28.0 Å². The van der Waals surface area contributed by atoms with Crippen LogP contribution in [0.15, 0.2) is 18.2 Å². The summed E-state index contributed by atoms with van der Waals surface area (Å²) in [6.45, 7) is 2.14. The molecule has 4 heteroatoms. The Morgan fingerprint density at radius 1 is 1.33 bits per heavy atom. The van der Waals surface area contributed by atoms with Crippen molar-refractivity contribution in [3.63, 3.8) is 0 Å². The number of anilines is 1. The van der Waals surface area contributed by atoms with E-state index in [0.29, 0.717) is 10.6 Å². The van der Waals surface area contributed by atoms with E-state index in [2.05, 4.69) is 25.1 Å². The van der Waals surface area contributed by atoms with Crippen LogP contribution in [0, 0.1) is 11.3 Å². The lowest BCUT2D eigenvalue weighted by Crippen LogP contribution is -1.81. The first-order valence-electron chi connectivity index (χ1n) is 4.63. The Balaban J connectivity index is 2.41. The number of nitrogens with zero attached hydrogens (tertiary/aromatic N) is 1. The fourth-order valence-electron chi connectivity index (χ4n) is 1.31. The Kier molecular flexibility index (Phi) is 2.76. The fourth-order valence-corrected chi connectivity index (χ4v) is 3.22. The van der Waals surface area contributed by atoms with Gasteiger partial charge < -0.3 is 5.73 Å². The molecule has 76 valence electrons. The molecule has 2 N–H and O–H groups in total. The fraction of sp³-hybridized carbons (Fsp3) is 0.182. The Morgan fingerprint density at radius 3 is 2.67 bits per heavy atom. The molecular weight excluding hydrogens is 224 g/mol. The van der Waals surface area contributed by atoms with E-state index in [1.54, 1.807) is 11.3 Å². The standard InChI is InChI=1S/C11H10N2S2/c1-2-7-3-4-9(14-7)10-5-8(13)11(6-12)15-10/h3-5H,2,13H2,1H3. The van der Waals surface area contributed by atoms with Crippen LogP contribution >= 0.6 is 22.7 Å². The average molecular weight is 234 g/mol. The van der Waals surface area contributed by atoms with Gasteiger partial charge in [-0.15, -0.1) is 22.7 Å². The van der Waals surface area contributed by atoms with Crippen molar-refractivity contribution in [1.29, 1.82) is 5.26 Å². The van der Waals surface area contributed by atoms with Gasteiger partial charge in [0.25, 0.3) is 0 Å². The van der Waals surface area contributed by atoms with Gasteiger partial charge in [0.1, 0.15) is 10.9 Å². The summed E-state index contributed by atoms with van der Waals surface area (Å²) >= 11 is 3.22. The lowest BCUT2D eigenvalue weighted by Gasteiger charge is -1.88. The number of nitrogens with two attached hydrogens (primary N) is 1. The Hall–Kier alpha value is -1.31. The Labute approximate surface area is 96.6 Å². The van der Waals surface area contributed by atoms with Gasteiger partial charge in [0.05, 0.1) is 5.69 Å². The first-order valence-corrected chi connectivity index (χ1v) is 6.26. The minimum atomic E-state index is 0.587. The first kappa shape index (κ1) is 10.2. The molecule has 0 aromatic carbocycles. The monoisotopic (exact) mass is 234 g/mol. The normalized spacial score (nSPS) is 10.1. The number of hydrogen-bond acceptors (Lipinski definition) is 4. The molecule has 0 amide bonds. The molecule has 0 radical (unpaired) electrons. The van der Waals surface area contributed by atoms with Gasteiger partial charge in [-0.3, -0.25) is 0 Å². The summed E-state index contributed by atoms with van der Waals surface area (Å²) < 4.78 is 0. The third kappa shape index (κ3) is 1.89. The zero-order valence-corrected chi connectivity index (χ0v) is 9.91. The first-order chi connectivity index (χ1) is 7.24. The van der Waals surface area contributed by atoms with E-state index in [1.807, 2.05) is 6.07 Å². The van der Waals surface area contributed by atoms with E-state index in [9.17, 15) is 0 Å². The SMILES string of the molecule is CCc1ccc(-c2cc(N)c(C#N)s2)s1. The Morgan fingerprint density at radius 2 is 2.13 bits per heavy atom. The Bertz CT molecular complexity index is 517. The minimum absolute atomic E-state index is 0.587. The molecular formula is C11H10N2S2. The summed E-state index contributed by atoms with van der Waals surface area (Å²) in [5.41, 5.74) is 6.31. The number of thiophene rings is 2. The maximum Gasteiger partial charge on any atom is 0.128 e. The summed E-state index contributed by atoms with van der Waals surface area (Å²) in [7, 11) is 0. The maximum absolute atomic E-state index is 8.81.